The lowest BCUT2D eigenvalue weighted by atomic mass is 10.2. The molecule has 2 aromatic rings. The Bertz CT molecular complexity index is 724. The van der Waals surface area contributed by atoms with Gasteiger partial charge in [-0.2, -0.15) is 0 Å². The van der Waals surface area contributed by atoms with Crippen LogP contribution in [0.3, 0.4) is 0 Å². The van der Waals surface area contributed by atoms with Gasteiger partial charge in [-0.25, -0.2) is 4.79 Å². The van der Waals surface area contributed by atoms with E-state index in [1.165, 1.54) is 4.90 Å². The maximum absolute atomic E-state index is 12.4. The molecule has 0 aliphatic rings. The van der Waals surface area contributed by atoms with Gasteiger partial charge in [-0.3, -0.25) is 4.79 Å². The molecule has 1 amide bonds. The van der Waals surface area contributed by atoms with Gasteiger partial charge in [0.2, 0.25) is 0 Å². The second kappa shape index (κ2) is 11.7. The molecule has 0 aliphatic carbocycles. The number of carbonyl (C=O) groups excluding carboxylic acids is 2. The molecule has 0 aliphatic heterocycles. The van der Waals surface area contributed by atoms with Crippen molar-refractivity contribution in [3.63, 3.8) is 0 Å². The van der Waals surface area contributed by atoms with Crippen molar-refractivity contribution in [1.29, 1.82) is 0 Å². The summed E-state index contributed by atoms with van der Waals surface area (Å²) in [7, 11) is 0. The van der Waals surface area contributed by atoms with Crippen LogP contribution in [0, 0.1) is 0 Å². The minimum Gasteiger partial charge on any atom is -0.460 e. The third-order valence-electron chi connectivity index (χ3n) is 3.99. The number of hydrogen-bond donors (Lipinski definition) is 2. The summed E-state index contributed by atoms with van der Waals surface area (Å²) < 4.78 is 10.5. The number of esters is 1. The summed E-state index contributed by atoms with van der Waals surface area (Å²) in [6.45, 7) is 0.312. The molecule has 2 aromatic carbocycles. The normalized spacial score (nSPS) is 11.5. The fraction of sp³-hybridized carbons (Fsp3) is 0.333. The molecular formula is C21H26N2O5. The molecule has 2 rings (SSSR count). The number of benzene rings is 2. The highest BCUT2D eigenvalue weighted by Gasteiger charge is 2.23. The van der Waals surface area contributed by atoms with Crippen molar-refractivity contribution in [2.75, 3.05) is 19.7 Å². The molecule has 0 bridgehead atoms. The lowest BCUT2D eigenvalue weighted by Gasteiger charge is -2.24. The molecule has 28 heavy (non-hydrogen) atoms. The van der Waals surface area contributed by atoms with E-state index >= 15 is 0 Å². The zero-order chi connectivity index (χ0) is 20.2. The summed E-state index contributed by atoms with van der Waals surface area (Å²) in [5, 5.41) is 9.06. The number of aliphatic hydroxyl groups excluding tert-OH is 1. The highest BCUT2D eigenvalue weighted by atomic mass is 16.6. The summed E-state index contributed by atoms with van der Waals surface area (Å²) in [5.41, 5.74) is 7.61. The van der Waals surface area contributed by atoms with E-state index in [0.29, 0.717) is 6.42 Å². The van der Waals surface area contributed by atoms with Crippen molar-refractivity contribution in [1.82, 2.24) is 4.90 Å². The minimum atomic E-state index is -1.01. The van der Waals surface area contributed by atoms with Crippen LogP contribution in [-0.4, -0.2) is 47.8 Å². The molecule has 150 valence electrons. The zero-order valence-corrected chi connectivity index (χ0v) is 15.7. The average Bonchev–Trinajstić information content (AvgIpc) is 2.74. The highest BCUT2D eigenvalue weighted by molar-refractivity contribution is 5.77. The fourth-order valence-corrected chi connectivity index (χ4v) is 2.48. The number of ether oxygens (including phenoxy) is 2. The Morgan fingerprint density at radius 3 is 2.00 bits per heavy atom. The van der Waals surface area contributed by atoms with Crippen molar-refractivity contribution in [2.24, 2.45) is 5.73 Å². The van der Waals surface area contributed by atoms with Crippen LogP contribution >= 0.6 is 0 Å². The maximum atomic E-state index is 12.4. The number of hydrogen-bond acceptors (Lipinski definition) is 6. The fourth-order valence-electron chi connectivity index (χ4n) is 2.48. The molecule has 0 aromatic heterocycles. The van der Waals surface area contributed by atoms with Gasteiger partial charge in [0, 0.05) is 19.7 Å². The van der Waals surface area contributed by atoms with E-state index in [-0.39, 0.29) is 32.9 Å². The number of amides is 1. The van der Waals surface area contributed by atoms with Crippen molar-refractivity contribution >= 4 is 12.1 Å². The molecule has 1 unspecified atom stereocenters. The molecule has 3 N–H and O–H groups in total. The SMILES string of the molecule is NC(CN(CCCO)C(=O)OCc1ccccc1)C(=O)OCc1ccccc1. The Labute approximate surface area is 164 Å². The first-order valence-corrected chi connectivity index (χ1v) is 9.12. The second-order valence-corrected chi connectivity index (χ2v) is 6.26. The Hall–Kier alpha value is -2.90. The summed E-state index contributed by atoms with van der Waals surface area (Å²) >= 11 is 0. The van der Waals surface area contributed by atoms with E-state index in [0.717, 1.165) is 11.1 Å². The van der Waals surface area contributed by atoms with E-state index in [2.05, 4.69) is 0 Å². The van der Waals surface area contributed by atoms with E-state index in [1.54, 1.807) is 0 Å². The Kier molecular flexibility index (Phi) is 8.97. The highest BCUT2D eigenvalue weighted by Crippen LogP contribution is 2.06. The summed E-state index contributed by atoms with van der Waals surface area (Å²) in [5.74, 6) is -0.603. The van der Waals surface area contributed by atoms with Crippen LogP contribution in [0.15, 0.2) is 60.7 Å². The molecule has 0 heterocycles. The van der Waals surface area contributed by atoms with Gasteiger partial charge >= 0.3 is 12.1 Å². The van der Waals surface area contributed by atoms with E-state index < -0.39 is 18.1 Å². The van der Waals surface area contributed by atoms with Crippen LogP contribution in [-0.2, 0) is 27.5 Å². The van der Waals surface area contributed by atoms with Crippen LogP contribution < -0.4 is 5.73 Å². The summed E-state index contributed by atoms with van der Waals surface area (Å²) in [6, 6.07) is 17.5. The lowest BCUT2D eigenvalue weighted by molar-refractivity contribution is -0.146. The first kappa shape index (κ1) is 21.4. The van der Waals surface area contributed by atoms with E-state index in [9.17, 15) is 9.59 Å². The standard InChI is InChI=1S/C21H26N2O5/c22-19(20(25)27-15-17-8-3-1-4-9-17)14-23(12-7-13-24)21(26)28-16-18-10-5-2-6-11-18/h1-6,8-11,19,24H,7,12-16,22H2. The van der Waals surface area contributed by atoms with Crippen molar-refractivity contribution in [2.45, 2.75) is 25.7 Å². The molecule has 1 atom stereocenters. The molecule has 0 spiro atoms. The molecule has 0 saturated heterocycles. The summed E-state index contributed by atoms with van der Waals surface area (Å²) in [6.07, 6.45) is -0.240. The molecule has 7 heteroatoms. The van der Waals surface area contributed by atoms with Crippen LogP contribution in [0.1, 0.15) is 17.5 Å². The maximum Gasteiger partial charge on any atom is 0.410 e. The Morgan fingerprint density at radius 2 is 1.46 bits per heavy atom. The number of aliphatic hydroxyl groups is 1. The molecule has 0 radical (unpaired) electrons. The zero-order valence-electron chi connectivity index (χ0n) is 15.7. The smallest absolute Gasteiger partial charge is 0.410 e. The molecule has 7 nitrogen and oxygen atoms in total. The van der Waals surface area contributed by atoms with Crippen molar-refractivity contribution in [3.05, 3.63) is 71.8 Å². The average molecular weight is 386 g/mol. The van der Waals surface area contributed by atoms with Gasteiger partial charge in [-0.1, -0.05) is 60.7 Å². The van der Waals surface area contributed by atoms with Crippen LogP contribution in [0.5, 0.6) is 0 Å². The van der Waals surface area contributed by atoms with Gasteiger partial charge in [0.05, 0.1) is 0 Å². The Morgan fingerprint density at radius 1 is 0.929 bits per heavy atom. The van der Waals surface area contributed by atoms with Gasteiger partial charge in [0.25, 0.3) is 0 Å². The second-order valence-electron chi connectivity index (χ2n) is 6.26. The van der Waals surface area contributed by atoms with E-state index in [1.807, 2.05) is 60.7 Å². The van der Waals surface area contributed by atoms with Gasteiger partial charge in [-0.05, 0) is 17.5 Å². The number of carbonyl (C=O) groups is 2. The van der Waals surface area contributed by atoms with Crippen molar-refractivity contribution in [3.8, 4) is 0 Å². The topological polar surface area (TPSA) is 102 Å². The molecule has 0 fully saturated rings. The monoisotopic (exact) mass is 386 g/mol. The lowest BCUT2D eigenvalue weighted by Crippen LogP contribution is -2.46. The third-order valence-corrected chi connectivity index (χ3v) is 3.99. The van der Waals surface area contributed by atoms with Crippen LogP contribution in [0.4, 0.5) is 4.79 Å². The number of nitrogens with two attached hydrogens (primary N) is 1. The Balaban J connectivity index is 1.86. The van der Waals surface area contributed by atoms with Gasteiger partial charge in [0.1, 0.15) is 19.3 Å². The van der Waals surface area contributed by atoms with Gasteiger partial charge < -0.3 is 25.2 Å². The van der Waals surface area contributed by atoms with Gasteiger partial charge in [-0.15, -0.1) is 0 Å². The molecular weight excluding hydrogens is 360 g/mol. The quantitative estimate of drug-likeness (QED) is 0.606. The first-order chi connectivity index (χ1) is 13.6. The largest absolute Gasteiger partial charge is 0.460 e. The van der Waals surface area contributed by atoms with Crippen LogP contribution in [0.25, 0.3) is 0 Å². The first-order valence-electron chi connectivity index (χ1n) is 9.12. The number of nitrogens with zero attached hydrogens (tertiary/aromatic N) is 1. The summed E-state index contributed by atoms with van der Waals surface area (Å²) in [4.78, 5) is 25.8. The minimum absolute atomic E-state index is 0.0543. The third kappa shape index (κ3) is 7.38. The van der Waals surface area contributed by atoms with Crippen LogP contribution in [0.2, 0.25) is 0 Å². The predicted molar refractivity (Wildman–Crippen MR) is 104 cm³/mol. The van der Waals surface area contributed by atoms with Crippen molar-refractivity contribution < 1.29 is 24.2 Å². The van der Waals surface area contributed by atoms with E-state index in [4.69, 9.17) is 20.3 Å². The predicted octanol–water partition coefficient (Wildman–Crippen LogP) is 2.08. The number of rotatable bonds is 10. The van der Waals surface area contributed by atoms with Gasteiger partial charge in [0.15, 0.2) is 0 Å². The molecule has 0 saturated carbocycles.